The molecule has 0 aliphatic rings. The summed E-state index contributed by atoms with van der Waals surface area (Å²) in [5.74, 6) is 0.305. The smallest absolute Gasteiger partial charge is 0.416 e. The van der Waals surface area contributed by atoms with Crippen molar-refractivity contribution in [2.75, 3.05) is 11.9 Å². The maximum absolute atomic E-state index is 12.5. The summed E-state index contributed by atoms with van der Waals surface area (Å²) in [6, 6.07) is 4.68. The number of nitrogens with zero attached hydrogens (tertiary/aromatic N) is 1. The van der Waals surface area contributed by atoms with Gasteiger partial charge in [-0.1, -0.05) is 19.6 Å². The van der Waals surface area contributed by atoms with Crippen LogP contribution in [0.5, 0.6) is 0 Å². The molecule has 0 spiro atoms. The lowest BCUT2D eigenvalue weighted by Crippen LogP contribution is -2.14. The Bertz CT molecular complexity index is 546. The van der Waals surface area contributed by atoms with Crippen LogP contribution in [0.2, 0.25) is 0 Å². The highest BCUT2D eigenvalue weighted by Crippen LogP contribution is 2.30. The van der Waals surface area contributed by atoms with Crippen molar-refractivity contribution in [3.8, 4) is 0 Å². The molecule has 0 heterocycles. The van der Waals surface area contributed by atoms with Gasteiger partial charge in [-0.3, -0.25) is 0 Å². The zero-order valence-corrected chi connectivity index (χ0v) is 12.6. The van der Waals surface area contributed by atoms with Crippen LogP contribution in [0.1, 0.15) is 25.8 Å². The number of anilines is 1. The molecule has 0 saturated heterocycles. The normalized spacial score (nSPS) is 12.5. The summed E-state index contributed by atoms with van der Waals surface area (Å²) in [7, 11) is 0. The lowest BCUT2D eigenvalue weighted by Gasteiger charge is -2.13. The maximum atomic E-state index is 12.5. The second-order valence-electron chi connectivity index (χ2n) is 4.44. The van der Waals surface area contributed by atoms with Gasteiger partial charge in [-0.15, -0.1) is 0 Å². The Morgan fingerprint density at radius 1 is 1.32 bits per heavy atom. The van der Waals surface area contributed by atoms with Crippen molar-refractivity contribution in [3.05, 3.63) is 54.4 Å². The fourth-order valence-corrected chi connectivity index (χ4v) is 1.51. The fourth-order valence-electron chi connectivity index (χ4n) is 1.51. The fraction of sp³-hybridized carbons (Fsp3) is 0.312. The molecule has 1 rings (SSSR count). The average Bonchev–Trinajstić information content (AvgIpc) is 2.47. The lowest BCUT2D eigenvalue weighted by molar-refractivity contribution is -0.137. The van der Waals surface area contributed by atoms with Crippen LogP contribution >= 0.6 is 0 Å². The second-order valence-corrected chi connectivity index (χ2v) is 4.44. The molecule has 0 unspecified atom stereocenters. The number of alkyl halides is 3. The Hall–Kier alpha value is -2.24. The molecular formula is C16H19F3N2O. The Morgan fingerprint density at radius 3 is 2.45 bits per heavy atom. The van der Waals surface area contributed by atoms with Crippen LogP contribution in [-0.2, 0) is 10.9 Å². The number of hydrogen-bond donors (Lipinski definition) is 1. The first kappa shape index (κ1) is 17.8. The Kier molecular flexibility index (Phi) is 6.69. The van der Waals surface area contributed by atoms with Gasteiger partial charge in [0.1, 0.15) is 0 Å². The summed E-state index contributed by atoms with van der Waals surface area (Å²) < 4.78 is 43.0. The third kappa shape index (κ3) is 5.63. The molecule has 6 heteroatoms. The third-order valence-electron chi connectivity index (χ3n) is 2.55. The van der Waals surface area contributed by atoms with E-state index in [1.54, 1.807) is 12.3 Å². The molecule has 0 saturated carbocycles. The average molecular weight is 312 g/mol. The highest BCUT2D eigenvalue weighted by Gasteiger charge is 2.29. The Labute approximate surface area is 128 Å². The summed E-state index contributed by atoms with van der Waals surface area (Å²) in [6.07, 6.45) is -0.244. The van der Waals surface area contributed by atoms with E-state index in [-0.39, 0.29) is 0 Å². The summed E-state index contributed by atoms with van der Waals surface area (Å²) in [5.41, 5.74) is 0.159. The van der Waals surface area contributed by atoms with E-state index in [1.165, 1.54) is 12.1 Å². The number of benzene rings is 1. The summed E-state index contributed by atoms with van der Waals surface area (Å²) in [5, 5.41) is 2.89. The first-order chi connectivity index (χ1) is 10.4. The number of ether oxygens (including phenoxy) is 1. The first-order valence-electron chi connectivity index (χ1n) is 6.83. The van der Waals surface area contributed by atoms with E-state index in [0.717, 1.165) is 18.6 Å². The number of hydrogen-bond acceptors (Lipinski definition) is 3. The SMILES string of the molecule is C=C(Nc1ccc(C(F)(F)F)cc1)C(=N/C=C\C)OCCC. The van der Waals surface area contributed by atoms with Crippen molar-refractivity contribution in [2.24, 2.45) is 4.99 Å². The van der Waals surface area contributed by atoms with E-state index < -0.39 is 11.7 Å². The monoisotopic (exact) mass is 312 g/mol. The van der Waals surface area contributed by atoms with Crippen molar-refractivity contribution in [1.82, 2.24) is 0 Å². The van der Waals surface area contributed by atoms with E-state index in [4.69, 9.17) is 4.74 Å². The molecule has 0 aliphatic carbocycles. The third-order valence-corrected chi connectivity index (χ3v) is 2.55. The van der Waals surface area contributed by atoms with E-state index >= 15 is 0 Å². The highest BCUT2D eigenvalue weighted by molar-refractivity contribution is 5.96. The van der Waals surface area contributed by atoms with Crippen LogP contribution in [0.3, 0.4) is 0 Å². The molecular weight excluding hydrogens is 293 g/mol. The summed E-state index contributed by atoms with van der Waals surface area (Å²) >= 11 is 0. The van der Waals surface area contributed by atoms with Crippen molar-refractivity contribution in [2.45, 2.75) is 26.4 Å². The number of aliphatic imine (C=N–C) groups is 1. The molecule has 0 atom stereocenters. The second kappa shape index (κ2) is 8.26. The van der Waals surface area contributed by atoms with Gasteiger partial charge in [0.25, 0.3) is 0 Å². The van der Waals surface area contributed by atoms with Crippen molar-refractivity contribution >= 4 is 11.6 Å². The van der Waals surface area contributed by atoms with Gasteiger partial charge in [-0.2, -0.15) is 13.2 Å². The Balaban J connectivity index is 2.80. The molecule has 0 amide bonds. The van der Waals surface area contributed by atoms with Gasteiger partial charge in [-0.25, -0.2) is 4.99 Å². The minimum Gasteiger partial charge on any atom is -0.476 e. The number of nitrogens with one attached hydrogen (secondary N) is 1. The quantitative estimate of drug-likeness (QED) is 0.593. The van der Waals surface area contributed by atoms with E-state index in [0.29, 0.717) is 23.9 Å². The van der Waals surface area contributed by atoms with E-state index in [1.807, 2.05) is 13.8 Å². The zero-order valence-electron chi connectivity index (χ0n) is 12.6. The molecule has 0 aliphatic heterocycles. The van der Waals surface area contributed by atoms with Gasteiger partial charge in [-0.05, 0) is 37.6 Å². The molecule has 120 valence electrons. The standard InChI is InChI=1S/C16H19F3N2O/c1-4-10-20-15(22-11-5-2)12(3)21-14-8-6-13(7-9-14)16(17,18)19/h4,6-10,21H,3,5,11H2,1-2H3/b10-4-,20-15?. The van der Waals surface area contributed by atoms with Crippen LogP contribution in [0, 0.1) is 0 Å². The Morgan fingerprint density at radius 2 is 1.95 bits per heavy atom. The van der Waals surface area contributed by atoms with Gasteiger partial charge in [0.05, 0.1) is 17.9 Å². The molecule has 0 bridgehead atoms. The van der Waals surface area contributed by atoms with Crippen LogP contribution in [0.15, 0.2) is 53.8 Å². The van der Waals surface area contributed by atoms with Gasteiger partial charge >= 0.3 is 6.18 Å². The van der Waals surface area contributed by atoms with Crippen LogP contribution in [-0.4, -0.2) is 12.5 Å². The van der Waals surface area contributed by atoms with Gasteiger partial charge in [0, 0.05) is 11.9 Å². The highest BCUT2D eigenvalue weighted by atomic mass is 19.4. The zero-order chi connectivity index (χ0) is 16.6. The molecule has 0 aromatic heterocycles. The molecule has 1 N–H and O–H groups in total. The lowest BCUT2D eigenvalue weighted by atomic mass is 10.2. The van der Waals surface area contributed by atoms with Crippen LogP contribution < -0.4 is 5.32 Å². The minimum absolute atomic E-state index is 0.305. The van der Waals surface area contributed by atoms with Crippen LogP contribution in [0.4, 0.5) is 18.9 Å². The predicted octanol–water partition coefficient (Wildman–Crippen LogP) is 4.99. The minimum atomic E-state index is -4.35. The maximum Gasteiger partial charge on any atom is 0.416 e. The molecule has 3 nitrogen and oxygen atoms in total. The molecule has 0 fully saturated rings. The van der Waals surface area contributed by atoms with E-state index in [2.05, 4.69) is 16.9 Å². The topological polar surface area (TPSA) is 33.6 Å². The molecule has 1 aromatic carbocycles. The molecule has 1 aromatic rings. The van der Waals surface area contributed by atoms with Crippen LogP contribution in [0.25, 0.3) is 0 Å². The van der Waals surface area contributed by atoms with Crippen molar-refractivity contribution < 1.29 is 17.9 Å². The summed E-state index contributed by atoms with van der Waals surface area (Å²) in [4.78, 5) is 4.10. The van der Waals surface area contributed by atoms with Gasteiger partial charge in [0.2, 0.25) is 5.90 Å². The number of halogens is 3. The number of allylic oxidation sites excluding steroid dienone is 1. The van der Waals surface area contributed by atoms with Gasteiger partial charge in [0.15, 0.2) is 0 Å². The molecule has 0 radical (unpaired) electrons. The van der Waals surface area contributed by atoms with Gasteiger partial charge < -0.3 is 10.1 Å². The molecule has 22 heavy (non-hydrogen) atoms. The van der Waals surface area contributed by atoms with E-state index in [9.17, 15) is 13.2 Å². The number of rotatable bonds is 6. The predicted molar refractivity (Wildman–Crippen MR) is 82.7 cm³/mol. The summed E-state index contributed by atoms with van der Waals surface area (Å²) in [6.45, 7) is 8.05. The first-order valence-corrected chi connectivity index (χ1v) is 6.83. The largest absolute Gasteiger partial charge is 0.476 e. The van der Waals surface area contributed by atoms with Crippen molar-refractivity contribution in [3.63, 3.8) is 0 Å². The van der Waals surface area contributed by atoms with Crippen molar-refractivity contribution in [1.29, 1.82) is 0 Å².